The van der Waals surface area contributed by atoms with Crippen LogP contribution in [0.4, 0.5) is 13.2 Å². The van der Waals surface area contributed by atoms with Gasteiger partial charge in [-0.15, -0.1) is 0 Å². The van der Waals surface area contributed by atoms with Gasteiger partial charge in [0.2, 0.25) is 0 Å². The average molecular weight is 441 g/mol. The van der Waals surface area contributed by atoms with Crippen molar-refractivity contribution < 1.29 is 22.6 Å². The number of aryl methyl sites for hydroxylation is 2. The van der Waals surface area contributed by atoms with E-state index in [1.807, 2.05) is 39.0 Å². The zero-order chi connectivity index (χ0) is 22.9. The van der Waals surface area contributed by atoms with Crippen molar-refractivity contribution in [2.75, 3.05) is 26.4 Å². The highest BCUT2D eigenvalue weighted by Gasteiger charge is 2.36. The van der Waals surface area contributed by atoms with Crippen LogP contribution in [0.1, 0.15) is 36.2 Å². The number of aromatic nitrogens is 2. The highest BCUT2D eigenvalue weighted by molar-refractivity contribution is 5.79. The number of hydrogen-bond donors (Lipinski definition) is 2. The van der Waals surface area contributed by atoms with Crippen molar-refractivity contribution in [1.82, 2.24) is 20.4 Å². The SMILES string of the molecule is CCNC(=NCc1cn(C)nc1C(F)(F)F)NCc1ccc(C)cc1OCCOCC. The fourth-order valence-electron chi connectivity index (χ4n) is 2.87. The zero-order valence-corrected chi connectivity index (χ0v) is 18.3. The largest absolute Gasteiger partial charge is 0.491 e. The normalized spacial score (nSPS) is 12.2. The third-order valence-corrected chi connectivity index (χ3v) is 4.28. The van der Waals surface area contributed by atoms with E-state index in [1.165, 1.54) is 13.2 Å². The lowest BCUT2D eigenvalue weighted by atomic mass is 10.1. The second kappa shape index (κ2) is 11.6. The number of benzene rings is 1. The maximum Gasteiger partial charge on any atom is 0.435 e. The number of hydrogen-bond acceptors (Lipinski definition) is 4. The van der Waals surface area contributed by atoms with Crippen LogP contribution in [0, 0.1) is 6.92 Å². The van der Waals surface area contributed by atoms with E-state index in [1.54, 1.807) is 0 Å². The summed E-state index contributed by atoms with van der Waals surface area (Å²) in [5.41, 5.74) is 1.07. The Balaban J connectivity index is 2.09. The first-order chi connectivity index (χ1) is 14.7. The van der Waals surface area contributed by atoms with Gasteiger partial charge in [0.1, 0.15) is 12.4 Å². The number of rotatable bonds is 10. The Bertz CT molecular complexity index is 865. The number of aliphatic imine (C=N–C) groups is 1. The molecular formula is C21H30F3N5O2. The Labute approximate surface area is 180 Å². The standard InChI is InChI=1S/C21H30F3N5O2/c1-5-25-20(27-13-17-14-29(4)28-19(17)21(22,23)24)26-12-16-8-7-15(3)11-18(16)31-10-9-30-6-2/h7-8,11,14H,5-6,9-10,12-13H2,1-4H3,(H2,25,26,27). The summed E-state index contributed by atoms with van der Waals surface area (Å²) in [6.07, 6.45) is -3.19. The topological polar surface area (TPSA) is 72.7 Å². The van der Waals surface area contributed by atoms with Gasteiger partial charge in [-0.1, -0.05) is 12.1 Å². The average Bonchev–Trinajstić information content (AvgIpc) is 3.09. The predicted octanol–water partition coefficient (Wildman–Crippen LogP) is 3.42. The van der Waals surface area contributed by atoms with Crippen LogP contribution in [-0.2, 0) is 31.1 Å². The molecule has 0 aliphatic carbocycles. The minimum Gasteiger partial charge on any atom is -0.491 e. The number of nitrogens with zero attached hydrogens (tertiary/aromatic N) is 3. The van der Waals surface area contributed by atoms with Crippen molar-refractivity contribution in [2.45, 2.75) is 40.0 Å². The van der Waals surface area contributed by atoms with Gasteiger partial charge < -0.3 is 20.1 Å². The van der Waals surface area contributed by atoms with Crippen LogP contribution >= 0.6 is 0 Å². The lowest BCUT2D eigenvalue weighted by molar-refractivity contribution is -0.142. The number of halogens is 3. The maximum atomic E-state index is 13.2. The molecule has 0 spiro atoms. The Kier molecular flexibility index (Phi) is 9.17. The summed E-state index contributed by atoms with van der Waals surface area (Å²) in [6.45, 7) is 8.15. The van der Waals surface area contributed by atoms with Crippen molar-refractivity contribution in [3.05, 3.63) is 46.8 Å². The van der Waals surface area contributed by atoms with Crippen LogP contribution in [0.5, 0.6) is 5.75 Å². The molecule has 2 N–H and O–H groups in total. The van der Waals surface area contributed by atoms with Crippen molar-refractivity contribution >= 4 is 5.96 Å². The molecule has 0 atom stereocenters. The van der Waals surface area contributed by atoms with Crippen LogP contribution < -0.4 is 15.4 Å². The summed E-state index contributed by atoms with van der Waals surface area (Å²) >= 11 is 0. The van der Waals surface area contributed by atoms with E-state index in [4.69, 9.17) is 9.47 Å². The minimum atomic E-state index is -4.52. The molecular weight excluding hydrogens is 411 g/mol. The molecule has 0 saturated carbocycles. The van der Waals surface area contributed by atoms with Crippen LogP contribution in [0.25, 0.3) is 0 Å². The van der Waals surface area contributed by atoms with Crippen LogP contribution in [-0.4, -0.2) is 42.1 Å². The Hall–Kier alpha value is -2.75. The highest BCUT2D eigenvalue weighted by Crippen LogP contribution is 2.30. The molecule has 0 unspecified atom stereocenters. The predicted molar refractivity (Wildman–Crippen MR) is 113 cm³/mol. The zero-order valence-electron chi connectivity index (χ0n) is 18.3. The fourth-order valence-corrected chi connectivity index (χ4v) is 2.87. The van der Waals surface area contributed by atoms with Gasteiger partial charge in [-0.05, 0) is 32.4 Å². The lowest BCUT2D eigenvalue weighted by Crippen LogP contribution is -2.37. The molecule has 2 aromatic rings. The summed E-state index contributed by atoms with van der Waals surface area (Å²) in [6, 6.07) is 5.87. The van der Waals surface area contributed by atoms with Gasteiger partial charge in [-0.25, -0.2) is 4.99 Å². The van der Waals surface area contributed by atoms with Gasteiger partial charge in [0.05, 0.1) is 13.2 Å². The Morgan fingerprint density at radius 1 is 1.16 bits per heavy atom. The van der Waals surface area contributed by atoms with Gasteiger partial charge in [0.15, 0.2) is 11.7 Å². The van der Waals surface area contributed by atoms with Crippen LogP contribution in [0.2, 0.25) is 0 Å². The van der Waals surface area contributed by atoms with Crippen LogP contribution in [0.15, 0.2) is 29.4 Å². The van der Waals surface area contributed by atoms with E-state index in [-0.39, 0.29) is 12.1 Å². The van der Waals surface area contributed by atoms with E-state index >= 15 is 0 Å². The smallest absolute Gasteiger partial charge is 0.435 e. The second-order valence-electron chi connectivity index (χ2n) is 6.88. The molecule has 0 amide bonds. The first-order valence-electron chi connectivity index (χ1n) is 10.2. The van der Waals surface area contributed by atoms with Crippen molar-refractivity contribution in [1.29, 1.82) is 0 Å². The summed E-state index contributed by atoms with van der Waals surface area (Å²) in [7, 11) is 1.45. The van der Waals surface area contributed by atoms with Crippen LogP contribution in [0.3, 0.4) is 0 Å². The lowest BCUT2D eigenvalue weighted by Gasteiger charge is -2.15. The van der Waals surface area contributed by atoms with Gasteiger partial charge in [-0.3, -0.25) is 4.68 Å². The quantitative estimate of drug-likeness (QED) is 0.336. The summed E-state index contributed by atoms with van der Waals surface area (Å²) < 4.78 is 51.7. The number of ether oxygens (including phenoxy) is 2. The Morgan fingerprint density at radius 2 is 1.94 bits per heavy atom. The first-order valence-corrected chi connectivity index (χ1v) is 10.2. The van der Waals surface area contributed by atoms with E-state index in [0.29, 0.717) is 38.9 Å². The van der Waals surface area contributed by atoms with Crippen molar-refractivity contribution in [2.24, 2.45) is 12.0 Å². The molecule has 10 heteroatoms. The van der Waals surface area contributed by atoms with E-state index in [0.717, 1.165) is 21.6 Å². The molecule has 0 aliphatic rings. The third kappa shape index (κ3) is 7.78. The molecule has 0 saturated heterocycles. The Morgan fingerprint density at radius 3 is 2.61 bits per heavy atom. The highest BCUT2D eigenvalue weighted by atomic mass is 19.4. The van der Waals surface area contributed by atoms with Crippen molar-refractivity contribution in [3.63, 3.8) is 0 Å². The van der Waals surface area contributed by atoms with Crippen molar-refractivity contribution in [3.8, 4) is 5.75 Å². The number of alkyl halides is 3. The molecule has 31 heavy (non-hydrogen) atoms. The molecule has 0 bridgehead atoms. The van der Waals surface area contributed by atoms with Gasteiger partial charge in [0, 0.05) is 44.1 Å². The maximum absolute atomic E-state index is 13.2. The monoisotopic (exact) mass is 441 g/mol. The molecule has 0 fully saturated rings. The molecule has 0 radical (unpaired) electrons. The van der Waals surface area contributed by atoms with E-state index in [2.05, 4.69) is 20.7 Å². The summed E-state index contributed by atoms with van der Waals surface area (Å²) in [5.74, 6) is 1.13. The molecule has 2 rings (SSSR count). The molecule has 7 nitrogen and oxygen atoms in total. The fraction of sp³-hybridized carbons (Fsp3) is 0.524. The van der Waals surface area contributed by atoms with Gasteiger partial charge >= 0.3 is 6.18 Å². The third-order valence-electron chi connectivity index (χ3n) is 4.28. The minimum absolute atomic E-state index is 0.0162. The summed E-state index contributed by atoms with van der Waals surface area (Å²) in [4.78, 5) is 4.30. The molecule has 1 heterocycles. The molecule has 172 valence electrons. The van der Waals surface area contributed by atoms with E-state index < -0.39 is 11.9 Å². The number of guanidine groups is 1. The molecule has 1 aromatic heterocycles. The van der Waals surface area contributed by atoms with E-state index in [9.17, 15) is 13.2 Å². The second-order valence-corrected chi connectivity index (χ2v) is 6.88. The molecule has 1 aromatic carbocycles. The first kappa shape index (κ1) is 24.5. The molecule has 0 aliphatic heterocycles. The van der Waals surface area contributed by atoms with Gasteiger partial charge in [-0.2, -0.15) is 18.3 Å². The van der Waals surface area contributed by atoms with Gasteiger partial charge in [0.25, 0.3) is 0 Å². The summed E-state index contributed by atoms with van der Waals surface area (Å²) in [5, 5.41) is 9.72. The number of nitrogens with one attached hydrogen (secondary N) is 2.